The Morgan fingerprint density at radius 2 is 1.89 bits per heavy atom. The topological polar surface area (TPSA) is 60.1 Å². The highest BCUT2D eigenvalue weighted by Crippen LogP contribution is 2.33. The molecule has 0 spiro atoms. The lowest BCUT2D eigenvalue weighted by Gasteiger charge is -2.12. The van der Waals surface area contributed by atoms with Crippen LogP contribution in [0.5, 0.6) is 0 Å². The largest absolute Gasteiger partial charge is 0.464 e. The van der Waals surface area contributed by atoms with Crippen LogP contribution in [0.4, 0.5) is 13.2 Å². The van der Waals surface area contributed by atoms with Crippen molar-refractivity contribution in [1.82, 2.24) is 14.9 Å². The number of benzene rings is 3. The number of carbonyl (C=O) groups is 1. The summed E-state index contributed by atoms with van der Waals surface area (Å²) in [6, 6.07) is 19.3. The Kier molecular flexibility index (Phi) is 6.49. The summed E-state index contributed by atoms with van der Waals surface area (Å²) in [6.45, 7) is 2.35. The summed E-state index contributed by atoms with van der Waals surface area (Å²) < 4.78 is 48.2. The summed E-state index contributed by atoms with van der Waals surface area (Å²) in [6.07, 6.45) is -3.15. The van der Waals surface area contributed by atoms with Crippen molar-refractivity contribution in [1.29, 1.82) is 0 Å². The van der Waals surface area contributed by atoms with Gasteiger partial charge in [0, 0.05) is 22.4 Å². The number of fused-ring (bicyclic) bond motifs is 2. The van der Waals surface area contributed by atoms with Crippen molar-refractivity contribution >= 4 is 39.7 Å². The molecule has 2 aromatic heterocycles. The molecule has 0 saturated heterocycles. The number of hydrogen-bond acceptors (Lipinski definition) is 4. The van der Waals surface area contributed by atoms with E-state index >= 15 is 0 Å². The highest BCUT2D eigenvalue weighted by molar-refractivity contribution is 7.99. The molecule has 0 aliphatic heterocycles. The minimum Gasteiger partial charge on any atom is -0.464 e. The van der Waals surface area contributed by atoms with Crippen LogP contribution < -0.4 is 5.32 Å². The van der Waals surface area contributed by atoms with Crippen LogP contribution in [0.15, 0.2) is 82.3 Å². The summed E-state index contributed by atoms with van der Waals surface area (Å²) in [4.78, 5) is 17.8. The Labute approximate surface area is 209 Å². The zero-order valence-corrected chi connectivity index (χ0v) is 20.1. The van der Waals surface area contributed by atoms with E-state index in [2.05, 4.69) is 17.2 Å². The molecular weight excluding hydrogens is 487 g/mol. The van der Waals surface area contributed by atoms with Crippen LogP contribution in [0.25, 0.3) is 22.0 Å². The number of halogens is 3. The van der Waals surface area contributed by atoms with E-state index in [1.165, 1.54) is 24.5 Å². The Hall–Kier alpha value is -3.72. The van der Waals surface area contributed by atoms with Gasteiger partial charge in [0.15, 0.2) is 0 Å². The van der Waals surface area contributed by atoms with E-state index in [1.807, 2.05) is 24.3 Å². The summed E-state index contributed by atoms with van der Waals surface area (Å²) in [7, 11) is 0. The molecule has 0 bridgehead atoms. The highest BCUT2D eigenvalue weighted by atomic mass is 32.2. The van der Waals surface area contributed by atoms with Gasteiger partial charge in [-0.25, -0.2) is 4.98 Å². The number of furan rings is 1. The van der Waals surface area contributed by atoms with Crippen LogP contribution in [-0.4, -0.2) is 21.2 Å². The molecule has 5 rings (SSSR count). The Morgan fingerprint density at radius 1 is 1.08 bits per heavy atom. The van der Waals surface area contributed by atoms with Crippen molar-refractivity contribution < 1.29 is 22.4 Å². The molecule has 1 amide bonds. The molecule has 1 N–H and O–H groups in total. The molecule has 0 aliphatic carbocycles. The maximum atomic E-state index is 13.9. The van der Waals surface area contributed by atoms with Crippen molar-refractivity contribution in [3.63, 3.8) is 0 Å². The maximum Gasteiger partial charge on any atom is 0.449 e. The van der Waals surface area contributed by atoms with Gasteiger partial charge in [-0.3, -0.25) is 4.79 Å². The first kappa shape index (κ1) is 24.0. The fraction of sp³-hybridized carbons (Fsp3) is 0.185. The summed E-state index contributed by atoms with van der Waals surface area (Å²) >= 11 is 1.73. The van der Waals surface area contributed by atoms with E-state index in [-0.39, 0.29) is 23.5 Å². The molecule has 0 saturated carbocycles. The number of carbonyl (C=O) groups excluding carboxylic acids is 1. The summed E-state index contributed by atoms with van der Waals surface area (Å²) in [5.41, 5.74) is 2.86. The Bertz CT molecular complexity index is 1540. The quantitative estimate of drug-likeness (QED) is 0.243. The number of amides is 1. The minimum absolute atomic E-state index is 0.0416. The standard InChI is InChI=1S/C27H22F3N3O2S/c1-2-36-20-9-6-17(7-10-20)15-31-25(34)18-8-11-23-22(14-18)32-26(27(28,29)30)33(23)16-19-4-3-5-24-21(19)12-13-35-24/h3-14H,2,15-16H2,1H3,(H,31,34). The monoisotopic (exact) mass is 509 g/mol. The fourth-order valence-corrected chi connectivity index (χ4v) is 4.83. The van der Waals surface area contributed by atoms with E-state index in [0.29, 0.717) is 23.2 Å². The molecule has 0 radical (unpaired) electrons. The van der Waals surface area contributed by atoms with Gasteiger partial charge in [0.1, 0.15) is 5.58 Å². The molecule has 36 heavy (non-hydrogen) atoms. The van der Waals surface area contributed by atoms with Gasteiger partial charge in [0.05, 0.1) is 23.8 Å². The molecule has 0 aliphatic rings. The van der Waals surface area contributed by atoms with Crippen LogP contribution in [0.2, 0.25) is 0 Å². The lowest BCUT2D eigenvalue weighted by Crippen LogP contribution is -2.22. The minimum atomic E-state index is -4.66. The predicted octanol–water partition coefficient (Wildman–Crippen LogP) is 6.89. The van der Waals surface area contributed by atoms with Crippen LogP contribution in [0, 0.1) is 0 Å². The predicted molar refractivity (Wildman–Crippen MR) is 134 cm³/mol. The average Bonchev–Trinajstić information content (AvgIpc) is 3.49. The zero-order valence-electron chi connectivity index (χ0n) is 19.3. The lowest BCUT2D eigenvalue weighted by atomic mass is 10.1. The number of thioether (sulfide) groups is 1. The van der Waals surface area contributed by atoms with Crippen molar-refractivity contribution in [3.8, 4) is 0 Å². The van der Waals surface area contributed by atoms with E-state index in [9.17, 15) is 18.0 Å². The second-order valence-corrected chi connectivity index (χ2v) is 9.57. The molecule has 184 valence electrons. The molecule has 3 aromatic carbocycles. The molecule has 0 atom stereocenters. The van der Waals surface area contributed by atoms with Crippen LogP contribution in [0.1, 0.15) is 34.2 Å². The van der Waals surface area contributed by atoms with Gasteiger partial charge in [-0.15, -0.1) is 11.8 Å². The molecule has 0 fully saturated rings. The van der Waals surface area contributed by atoms with E-state index in [0.717, 1.165) is 26.2 Å². The van der Waals surface area contributed by atoms with Gasteiger partial charge >= 0.3 is 6.18 Å². The number of hydrogen-bond donors (Lipinski definition) is 1. The second kappa shape index (κ2) is 9.73. The average molecular weight is 510 g/mol. The van der Waals surface area contributed by atoms with Crippen molar-refractivity contribution in [2.75, 3.05) is 5.75 Å². The van der Waals surface area contributed by atoms with Gasteiger partial charge in [-0.05, 0) is 59.3 Å². The summed E-state index contributed by atoms with van der Waals surface area (Å²) in [5, 5.41) is 3.57. The van der Waals surface area contributed by atoms with Crippen LogP contribution in [-0.2, 0) is 19.3 Å². The molecule has 0 unspecified atom stereocenters. The van der Waals surface area contributed by atoms with Crippen LogP contribution in [0.3, 0.4) is 0 Å². The summed E-state index contributed by atoms with van der Waals surface area (Å²) in [5.74, 6) is -0.417. The van der Waals surface area contributed by atoms with E-state index < -0.39 is 12.0 Å². The molecule has 5 nitrogen and oxygen atoms in total. The number of nitrogens with zero attached hydrogens (tertiary/aromatic N) is 2. The molecular formula is C27H22F3N3O2S. The molecule has 9 heteroatoms. The fourth-order valence-electron chi connectivity index (χ4n) is 4.17. The third kappa shape index (κ3) is 4.83. The zero-order chi connectivity index (χ0) is 25.3. The normalized spacial score (nSPS) is 11.9. The number of rotatable bonds is 7. The Morgan fingerprint density at radius 3 is 2.64 bits per heavy atom. The van der Waals surface area contributed by atoms with Crippen molar-refractivity contribution in [2.45, 2.75) is 31.1 Å². The Balaban J connectivity index is 1.42. The highest BCUT2D eigenvalue weighted by Gasteiger charge is 2.37. The first-order chi connectivity index (χ1) is 17.3. The van der Waals surface area contributed by atoms with Crippen molar-refractivity contribution in [3.05, 3.63) is 95.5 Å². The number of alkyl halides is 3. The van der Waals surface area contributed by atoms with Crippen LogP contribution >= 0.6 is 11.8 Å². The van der Waals surface area contributed by atoms with Gasteiger partial charge in [-0.1, -0.05) is 31.2 Å². The smallest absolute Gasteiger partial charge is 0.449 e. The SMILES string of the molecule is CCSc1ccc(CNC(=O)c2ccc3c(c2)nc(C(F)(F)F)n3Cc2cccc3occc23)cc1. The van der Waals surface area contributed by atoms with Crippen molar-refractivity contribution in [2.24, 2.45) is 0 Å². The number of aromatic nitrogens is 2. The number of nitrogens with one attached hydrogen (secondary N) is 1. The third-order valence-electron chi connectivity index (χ3n) is 5.87. The van der Waals surface area contributed by atoms with Gasteiger partial charge in [-0.2, -0.15) is 13.2 Å². The van der Waals surface area contributed by atoms with E-state index in [4.69, 9.17) is 4.42 Å². The molecule has 5 aromatic rings. The second-order valence-electron chi connectivity index (χ2n) is 8.23. The first-order valence-electron chi connectivity index (χ1n) is 11.4. The first-order valence-corrected chi connectivity index (χ1v) is 12.3. The van der Waals surface area contributed by atoms with E-state index in [1.54, 1.807) is 36.0 Å². The van der Waals surface area contributed by atoms with Gasteiger partial charge < -0.3 is 14.3 Å². The molecule has 2 heterocycles. The third-order valence-corrected chi connectivity index (χ3v) is 6.76. The maximum absolute atomic E-state index is 13.9. The lowest BCUT2D eigenvalue weighted by molar-refractivity contribution is -0.146. The number of imidazole rings is 1. The van der Waals surface area contributed by atoms with Gasteiger partial charge in [0.2, 0.25) is 5.82 Å². The van der Waals surface area contributed by atoms with Gasteiger partial charge in [0.25, 0.3) is 5.91 Å².